The van der Waals surface area contributed by atoms with Gasteiger partial charge in [0.15, 0.2) is 0 Å². The Morgan fingerprint density at radius 2 is 2.08 bits per heavy atom. The summed E-state index contributed by atoms with van der Waals surface area (Å²) in [6, 6.07) is 0. The fraction of sp³-hybridized carbons (Fsp3) is 1.00. The van der Waals surface area contributed by atoms with Gasteiger partial charge in [0.05, 0.1) is 0 Å². The molecule has 1 nitrogen and oxygen atoms in total. The van der Waals surface area contributed by atoms with Gasteiger partial charge in [0, 0.05) is 11.9 Å². The van der Waals surface area contributed by atoms with Gasteiger partial charge in [-0.1, -0.05) is 0 Å². The van der Waals surface area contributed by atoms with Crippen LogP contribution >= 0.6 is 11.8 Å². The molecule has 2 atom stereocenters. The van der Waals surface area contributed by atoms with E-state index in [9.17, 15) is 0 Å². The Labute approximate surface area is 78.9 Å². The van der Waals surface area contributed by atoms with Gasteiger partial charge >= 0.3 is 0 Å². The van der Waals surface area contributed by atoms with E-state index >= 15 is 0 Å². The van der Waals surface area contributed by atoms with E-state index in [-0.39, 0.29) is 0 Å². The lowest BCUT2D eigenvalue weighted by Gasteiger charge is -2.33. The van der Waals surface area contributed by atoms with Crippen LogP contribution in [-0.2, 0) is 0 Å². The fourth-order valence-electron chi connectivity index (χ4n) is 2.17. The van der Waals surface area contributed by atoms with Crippen molar-refractivity contribution in [3.05, 3.63) is 0 Å². The highest BCUT2D eigenvalue weighted by Gasteiger charge is 2.38. The number of hydrogen-bond donors (Lipinski definition) is 1. The Hall–Kier alpha value is 0.310. The zero-order chi connectivity index (χ0) is 8.39. The molecule has 0 amide bonds. The third kappa shape index (κ3) is 1.97. The number of aliphatic hydroxyl groups is 1. The predicted octanol–water partition coefficient (Wildman–Crippen LogP) is 2.29. The van der Waals surface area contributed by atoms with E-state index in [1.807, 2.05) is 0 Å². The van der Waals surface area contributed by atoms with Crippen LogP contribution in [0.4, 0.5) is 0 Å². The summed E-state index contributed by atoms with van der Waals surface area (Å²) in [5, 5.41) is 9.75. The normalized spacial score (nSPS) is 31.2. The first-order valence-electron chi connectivity index (χ1n) is 5.14. The van der Waals surface area contributed by atoms with Crippen LogP contribution in [0.2, 0.25) is 0 Å². The van der Waals surface area contributed by atoms with Gasteiger partial charge in [0.2, 0.25) is 0 Å². The van der Waals surface area contributed by atoms with E-state index in [2.05, 4.69) is 11.8 Å². The van der Waals surface area contributed by atoms with Gasteiger partial charge in [-0.25, -0.2) is 0 Å². The average molecular weight is 186 g/mol. The maximum Gasteiger partial charge on any atom is 0.0431 e. The second kappa shape index (κ2) is 4.01. The lowest BCUT2D eigenvalue weighted by Crippen LogP contribution is -2.27. The third-order valence-electron chi connectivity index (χ3n) is 3.13. The maximum absolute atomic E-state index is 8.78. The molecule has 2 fully saturated rings. The van der Waals surface area contributed by atoms with Crippen LogP contribution in [0.3, 0.4) is 0 Å². The fourth-order valence-corrected chi connectivity index (χ4v) is 3.28. The Balaban J connectivity index is 1.75. The minimum Gasteiger partial charge on any atom is -0.396 e. The minimum absolute atomic E-state index is 0.389. The van der Waals surface area contributed by atoms with E-state index in [0.717, 1.165) is 23.5 Å². The average Bonchev–Trinajstić information content (AvgIpc) is 2.75. The summed E-state index contributed by atoms with van der Waals surface area (Å²) in [7, 11) is 0. The summed E-state index contributed by atoms with van der Waals surface area (Å²) in [6.07, 6.45) is 6.68. The first-order valence-corrected chi connectivity index (χ1v) is 6.19. The molecule has 0 aromatic carbocycles. The zero-order valence-corrected chi connectivity index (χ0v) is 8.35. The van der Waals surface area contributed by atoms with E-state index < -0.39 is 0 Å². The summed E-state index contributed by atoms with van der Waals surface area (Å²) in [5.41, 5.74) is 0. The number of rotatable bonds is 5. The maximum atomic E-state index is 8.78. The largest absolute Gasteiger partial charge is 0.396 e. The Bertz CT molecular complexity index is 141. The van der Waals surface area contributed by atoms with Gasteiger partial charge in [-0.15, -0.1) is 0 Å². The van der Waals surface area contributed by atoms with Crippen molar-refractivity contribution >= 4 is 11.8 Å². The quantitative estimate of drug-likeness (QED) is 0.711. The molecule has 2 heteroatoms. The zero-order valence-electron chi connectivity index (χ0n) is 7.54. The minimum atomic E-state index is 0.389. The van der Waals surface area contributed by atoms with Crippen LogP contribution in [0.25, 0.3) is 0 Å². The topological polar surface area (TPSA) is 20.2 Å². The van der Waals surface area contributed by atoms with E-state index in [4.69, 9.17) is 5.11 Å². The Kier molecular flexibility index (Phi) is 2.97. The molecule has 1 saturated heterocycles. The number of thioether (sulfide) groups is 1. The summed E-state index contributed by atoms with van der Waals surface area (Å²) in [5.74, 6) is 3.37. The highest BCUT2D eigenvalue weighted by Crippen LogP contribution is 2.48. The molecule has 1 N–H and O–H groups in total. The van der Waals surface area contributed by atoms with Crippen LogP contribution in [0.5, 0.6) is 0 Å². The molecule has 2 unspecified atom stereocenters. The van der Waals surface area contributed by atoms with Gasteiger partial charge in [-0.2, -0.15) is 11.8 Å². The van der Waals surface area contributed by atoms with Gasteiger partial charge in [0.25, 0.3) is 0 Å². The van der Waals surface area contributed by atoms with Crippen LogP contribution < -0.4 is 0 Å². The van der Waals surface area contributed by atoms with Gasteiger partial charge < -0.3 is 5.11 Å². The Morgan fingerprint density at radius 3 is 2.50 bits per heavy atom. The summed E-state index contributed by atoms with van der Waals surface area (Å²) in [4.78, 5) is 0. The molecule has 12 heavy (non-hydrogen) atoms. The van der Waals surface area contributed by atoms with E-state index in [1.54, 1.807) is 0 Å². The molecule has 2 rings (SSSR count). The van der Waals surface area contributed by atoms with Gasteiger partial charge in [-0.3, -0.25) is 0 Å². The van der Waals surface area contributed by atoms with Crippen molar-refractivity contribution in [2.45, 2.75) is 37.4 Å². The predicted molar refractivity (Wildman–Crippen MR) is 53.4 cm³/mol. The van der Waals surface area contributed by atoms with Crippen LogP contribution in [-0.4, -0.2) is 22.7 Å². The Morgan fingerprint density at radius 1 is 1.33 bits per heavy atom. The molecular weight excluding hydrogens is 168 g/mol. The van der Waals surface area contributed by atoms with Crippen LogP contribution in [0, 0.1) is 11.8 Å². The summed E-state index contributed by atoms with van der Waals surface area (Å²) in [6.45, 7) is 0.389. The molecular formula is C10H18OS. The second-order valence-electron chi connectivity index (χ2n) is 4.07. The van der Waals surface area contributed by atoms with Crippen LogP contribution in [0.15, 0.2) is 0 Å². The SMILES string of the molecule is OCCCC(C1CC1)C1CCS1. The molecule has 1 heterocycles. The molecule has 1 aliphatic carbocycles. The standard InChI is InChI=1S/C10H18OS/c11-6-1-2-9(8-3-4-8)10-5-7-12-10/h8-11H,1-7H2. The lowest BCUT2D eigenvalue weighted by atomic mass is 9.92. The molecule has 0 aromatic rings. The van der Waals surface area contributed by atoms with Crippen molar-refractivity contribution in [1.82, 2.24) is 0 Å². The molecule has 2 aliphatic rings. The van der Waals surface area contributed by atoms with E-state index in [1.165, 1.54) is 31.4 Å². The molecule has 1 saturated carbocycles. The van der Waals surface area contributed by atoms with Crippen molar-refractivity contribution < 1.29 is 5.11 Å². The van der Waals surface area contributed by atoms with Crippen molar-refractivity contribution in [3.63, 3.8) is 0 Å². The smallest absolute Gasteiger partial charge is 0.0431 e. The highest BCUT2D eigenvalue weighted by atomic mass is 32.2. The third-order valence-corrected chi connectivity index (χ3v) is 4.62. The lowest BCUT2D eigenvalue weighted by molar-refractivity contribution is 0.261. The summed E-state index contributed by atoms with van der Waals surface area (Å²) >= 11 is 2.15. The molecule has 70 valence electrons. The van der Waals surface area contributed by atoms with Gasteiger partial charge in [0.1, 0.15) is 0 Å². The van der Waals surface area contributed by atoms with Gasteiger partial charge in [-0.05, 0) is 49.7 Å². The molecule has 1 aliphatic heterocycles. The summed E-state index contributed by atoms with van der Waals surface area (Å²) < 4.78 is 0. The van der Waals surface area contributed by atoms with E-state index in [0.29, 0.717) is 6.61 Å². The molecule has 0 bridgehead atoms. The second-order valence-corrected chi connectivity index (χ2v) is 5.41. The van der Waals surface area contributed by atoms with Crippen molar-refractivity contribution in [1.29, 1.82) is 0 Å². The first kappa shape index (κ1) is 8.89. The number of aliphatic hydroxyl groups excluding tert-OH is 1. The highest BCUT2D eigenvalue weighted by molar-refractivity contribution is 8.01. The molecule has 0 radical (unpaired) electrons. The van der Waals surface area contributed by atoms with Crippen molar-refractivity contribution in [2.24, 2.45) is 11.8 Å². The molecule has 0 spiro atoms. The first-order chi connectivity index (χ1) is 5.92. The number of hydrogen-bond acceptors (Lipinski definition) is 2. The van der Waals surface area contributed by atoms with Crippen molar-refractivity contribution in [2.75, 3.05) is 12.4 Å². The molecule has 0 aromatic heterocycles. The monoisotopic (exact) mass is 186 g/mol. The van der Waals surface area contributed by atoms with Crippen molar-refractivity contribution in [3.8, 4) is 0 Å². The van der Waals surface area contributed by atoms with Crippen LogP contribution in [0.1, 0.15) is 32.1 Å².